The van der Waals surface area contributed by atoms with Crippen molar-refractivity contribution in [1.82, 2.24) is 10.2 Å². The maximum atomic E-state index is 11.7. The third-order valence-corrected chi connectivity index (χ3v) is 2.83. The number of amides is 1. The molecular weight excluding hydrogens is 208 g/mol. The summed E-state index contributed by atoms with van der Waals surface area (Å²) in [5, 5.41) is 11.4. The summed E-state index contributed by atoms with van der Waals surface area (Å²) < 4.78 is 0. The summed E-state index contributed by atoms with van der Waals surface area (Å²) in [6.45, 7) is 4.79. The molecule has 1 aliphatic carbocycles. The van der Waals surface area contributed by atoms with Crippen LogP contribution in [0.5, 0.6) is 0 Å². The topological polar surface area (TPSA) is 69.6 Å². The summed E-state index contributed by atoms with van der Waals surface area (Å²) in [4.78, 5) is 24.2. The van der Waals surface area contributed by atoms with Gasteiger partial charge in [-0.3, -0.25) is 14.5 Å². The molecule has 0 aromatic carbocycles. The first-order valence-corrected chi connectivity index (χ1v) is 5.81. The first-order valence-electron chi connectivity index (χ1n) is 5.81. The van der Waals surface area contributed by atoms with Gasteiger partial charge in [0, 0.05) is 19.1 Å². The van der Waals surface area contributed by atoms with Gasteiger partial charge in [-0.05, 0) is 26.7 Å². The van der Waals surface area contributed by atoms with Crippen molar-refractivity contribution >= 4 is 11.9 Å². The van der Waals surface area contributed by atoms with Gasteiger partial charge in [0.1, 0.15) is 0 Å². The number of hydrogen-bond acceptors (Lipinski definition) is 3. The minimum Gasteiger partial charge on any atom is -0.481 e. The number of nitrogens with zero attached hydrogens (tertiary/aromatic N) is 1. The summed E-state index contributed by atoms with van der Waals surface area (Å²) in [5.41, 5.74) is 0. The van der Waals surface area contributed by atoms with Crippen LogP contribution in [0.4, 0.5) is 0 Å². The molecule has 5 heteroatoms. The molecule has 0 saturated heterocycles. The predicted molar refractivity (Wildman–Crippen MR) is 60.1 cm³/mol. The Balaban J connectivity index is 2.48. The number of nitrogens with one attached hydrogen (secondary N) is 1. The second-order valence-corrected chi connectivity index (χ2v) is 4.18. The fourth-order valence-corrected chi connectivity index (χ4v) is 1.80. The second-order valence-electron chi connectivity index (χ2n) is 4.18. The Morgan fingerprint density at radius 3 is 2.56 bits per heavy atom. The van der Waals surface area contributed by atoms with Crippen molar-refractivity contribution < 1.29 is 14.7 Å². The average molecular weight is 228 g/mol. The first-order chi connectivity index (χ1) is 7.56. The van der Waals surface area contributed by atoms with Crippen molar-refractivity contribution in [2.45, 2.75) is 45.2 Å². The molecule has 2 N–H and O–H groups in total. The zero-order chi connectivity index (χ0) is 12.1. The quantitative estimate of drug-likeness (QED) is 0.664. The zero-order valence-electron chi connectivity index (χ0n) is 9.90. The van der Waals surface area contributed by atoms with E-state index in [0.717, 1.165) is 12.8 Å². The highest BCUT2D eigenvalue weighted by Crippen LogP contribution is 2.28. The highest BCUT2D eigenvalue weighted by atomic mass is 16.4. The second kappa shape index (κ2) is 5.84. The Labute approximate surface area is 95.8 Å². The van der Waals surface area contributed by atoms with Crippen LogP contribution in [0.1, 0.15) is 33.1 Å². The van der Waals surface area contributed by atoms with Crippen molar-refractivity contribution in [2.75, 3.05) is 13.1 Å². The first kappa shape index (κ1) is 13.0. The predicted octanol–water partition coefficient (Wildman–Crippen LogP) is 0.450. The molecule has 0 aromatic rings. The van der Waals surface area contributed by atoms with Crippen molar-refractivity contribution in [3.63, 3.8) is 0 Å². The fraction of sp³-hybridized carbons (Fsp3) is 0.818. The number of carboxylic acid groups (broad SMARTS) is 1. The number of rotatable bonds is 7. The van der Waals surface area contributed by atoms with Crippen LogP contribution in [0.15, 0.2) is 0 Å². The van der Waals surface area contributed by atoms with Crippen LogP contribution in [-0.4, -0.2) is 47.1 Å². The van der Waals surface area contributed by atoms with Crippen LogP contribution < -0.4 is 5.32 Å². The third-order valence-electron chi connectivity index (χ3n) is 2.83. The van der Waals surface area contributed by atoms with Crippen LogP contribution in [0.3, 0.4) is 0 Å². The lowest BCUT2D eigenvalue weighted by Crippen LogP contribution is -2.46. The van der Waals surface area contributed by atoms with Crippen LogP contribution >= 0.6 is 0 Å². The van der Waals surface area contributed by atoms with Crippen molar-refractivity contribution in [2.24, 2.45) is 0 Å². The summed E-state index contributed by atoms with van der Waals surface area (Å²) in [6, 6.07) is 0.170. The van der Waals surface area contributed by atoms with E-state index < -0.39 is 5.97 Å². The number of likely N-dealkylation sites (N-methyl/N-ethyl adjacent to an activating group) is 1. The van der Waals surface area contributed by atoms with E-state index in [1.807, 2.05) is 18.7 Å². The largest absolute Gasteiger partial charge is 0.481 e. The summed E-state index contributed by atoms with van der Waals surface area (Å²) in [7, 11) is 0. The Hall–Kier alpha value is -1.10. The number of carbonyl (C=O) groups is 2. The van der Waals surface area contributed by atoms with Crippen LogP contribution in [-0.2, 0) is 9.59 Å². The van der Waals surface area contributed by atoms with E-state index in [2.05, 4.69) is 5.32 Å². The monoisotopic (exact) mass is 228 g/mol. The lowest BCUT2D eigenvalue weighted by atomic mass is 10.2. The molecule has 1 atom stereocenters. The van der Waals surface area contributed by atoms with E-state index in [9.17, 15) is 9.59 Å². The Morgan fingerprint density at radius 2 is 2.12 bits per heavy atom. The lowest BCUT2D eigenvalue weighted by molar-refractivity contribution is -0.138. The number of carboxylic acids is 1. The van der Waals surface area contributed by atoms with Gasteiger partial charge in [0.25, 0.3) is 0 Å². The smallest absolute Gasteiger partial charge is 0.304 e. The van der Waals surface area contributed by atoms with Gasteiger partial charge in [-0.15, -0.1) is 0 Å². The van der Waals surface area contributed by atoms with Gasteiger partial charge < -0.3 is 10.4 Å². The van der Waals surface area contributed by atoms with Gasteiger partial charge in [-0.1, -0.05) is 0 Å². The average Bonchev–Trinajstić information content (AvgIpc) is 3.01. The third kappa shape index (κ3) is 3.81. The van der Waals surface area contributed by atoms with Crippen molar-refractivity contribution in [3.8, 4) is 0 Å². The van der Waals surface area contributed by atoms with Crippen LogP contribution in [0.2, 0.25) is 0 Å². The number of carbonyl (C=O) groups excluding carboxylic acids is 1. The normalized spacial score (nSPS) is 17.2. The molecule has 0 spiro atoms. The van der Waals surface area contributed by atoms with Gasteiger partial charge in [0.2, 0.25) is 5.91 Å². The van der Waals surface area contributed by atoms with Gasteiger partial charge in [-0.25, -0.2) is 0 Å². The molecule has 0 radical (unpaired) electrons. The molecule has 16 heavy (non-hydrogen) atoms. The lowest BCUT2D eigenvalue weighted by Gasteiger charge is -2.27. The highest BCUT2D eigenvalue weighted by Gasteiger charge is 2.34. The molecule has 0 aliphatic heterocycles. The number of hydrogen-bond donors (Lipinski definition) is 2. The summed E-state index contributed by atoms with van der Waals surface area (Å²) >= 11 is 0. The fourth-order valence-electron chi connectivity index (χ4n) is 1.80. The minimum atomic E-state index is -0.811. The minimum absolute atomic E-state index is 0.0141. The maximum absolute atomic E-state index is 11.7. The van der Waals surface area contributed by atoms with Gasteiger partial charge in [0.05, 0.1) is 12.5 Å². The molecule has 0 aromatic heterocycles. The summed E-state index contributed by atoms with van der Waals surface area (Å²) in [5.74, 6) is -0.825. The van der Waals surface area contributed by atoms with Crippen molar-refractivity contribution in [3.05, 3.63) is 0 Å². The van der Waals surface area contributed by atoms with E-state index in [0.29, 0.717) is 19.1 Å². The maximum Gasteiger partial charge on any atom is 0.304 e. The molecule has 1 amide bonds. The standard InChI is InChI=1S/C11H20N2O3/c1-3-12-11(16)8(2)13(9-4-5-9)7-6-10(14)15/h8-9H,3-7H2,1-2H3,(H,12,16)(H,14,15). The Kier molecular flexibility index (Phi) is 4.73. The molecule has 1 saturated carbocycles. The molecule has 0 heterocycles. The van der Waals surface area contributed by atoms with Gasteiger partial charge >= 0.3 is 5.97 Å². The molecule has 5 nitrogen and oxygen atoms in total. The summed E-state index contributed by atoms with van der Waals surface area (Å²) in [6.07, 6.45) is 2.24. The molecular formula is C11H20N2O3. The van der Waals surface area contributed by atoms with Gasteiger partial charge in [-0.2, -0.15) is 0 Å². The van der Waals surface area contributed by atoms with E-state index in [4.69, 9.17) is 5.11 Å². The van der Waals surface area contributed by atoms with E-state index in [-0.39, 0.29) is 18.4 Å². The zero-order valence-corrected chi connectivity index (χ0v) is 9.90. The molecule has 1 fully saturated rings. The Morgan fingerprint density at radius 1 is 1.50 bits per heavy atom. The SMILES string of the molecule is CCNC(=O)C(C)N(CCC(=O)O)C1CC1. The highest BCUT2D eigenvalue weighted by molar-refractivity contribution is 5.81. The van der Waals surface area contributed by atoms with Crippen LogP contribution in [0, 0.1) is 0 Å². The number of aliphatic carboxylic acids is 1. The molecule has 1 unspecified atom stereocenters. The van der Waals surface area contributed by atoms with E-state index in [1.165, 1.54) is 0 Å². The van der Waals surface area contributed by atoms with Gasteiger partial charge in [0.15, 0.2) is 0 Å². The van der Waals surface area contributed by atoms with Crippen LogP contribution in [0.25, 0.3) is 0 Å². The van der Waals surface area contributed by atoms with Crippen molar-refractivity contribution in [1.29, 1.82) is 0 Å². The van der Waals surface area contributed by atoms with E-state index >= 15 is 0 Å². The Bertz CT molecular complexity index is 264. The molecule has 1 rings (SSSR count). The molecule has 0 bridgehead atoms. The molecule has 92 valence electrons. The molecule has 1 aliphatic rings. The van der Waals surface area contributed by atoms with E-state index in [1.54, 1.807) is 0 Å².